The van der Waals surface area contributed by atoms with E-state index in [1.54, 1.807) is 23.9 Å². The molecule has 3 heterocycles. The summed E-state index contributed by atoms with van der Waals surface area (Å²) in [6.07, 6.45) is 5.95. The molecule has 0 aromatic carbocycles. The lowest BCUT2D eigenvalue weighted by Crippen LogP contribution is -2.48. The molecule has 2 aromatic rings. The summed E-state index contributed by atoms with van der Waals surface area (Å²) < 4.78 is 1.58. The number of nitrogen functional groups attached to an aromatic ring is 1. The van der Waals surface area contributed by atoms with E-state index in [1.807, 2.05) is 6.07 Å². The Morgan fingerprint density at radius 2 is 2.07 bits per heavy atom. The van der Waals surface area contributed by atoms with Crippen molar-refractivity contribution in [1.29, 1.82) is 0 Å². The van der Waals surface area contributed by atoms with Crippen molar-refractivity contribution >= 4 is 35.1 Å². The normalized spacial score (nSPS) is 23.7. The van der Waals surface area contributed by atoms with Crippen LogP contribution in [0, 0.1) is 11.3 Å². The molecule has 0 bridgehead atoms. The number of hydrogen-bond donors (Lipinski definition) is 2. The number of anilines is 2. The molecule has 29 heavy (non-hydrogen) atoms. The lowest BCUT2D eigenvalue weighted by atomic mass is 9.74. The molecule has 0 amide bonds. The second-order valence-corrected chi connectivity index (χ2v) is 9.80. The van der Waals surface area contributed by atoms with Crippen molar-refractivity contribution in [1.82, 2.24) is 14.5 Å². The van der Waals surface area contributed by atoms with Gasteiger partial charge < -0.3 is 16.4 Å². The van der Waals surface area contributed by atoms with Gasteiger partial charge in [-0.3, -0.25) is 9.36 Å². The highest BCUT2D eigenvalue weighted by Gasteiger charge is 2.46. The summed E-state index contributed by atoms with van der Waals surface area (Å²) >= 11 is 7.33. The van der Waals surface area contributed by atoms with E-state index < -0.39 is 0 Å². The third kappa shape index (κ3) is 3.73. The van der Waals surface area contributed by atoms with E-state index in [9.17, 15) is 4.79 Å². The van der Waals surface area contributed by atoms with Crippen molar-refractivity contribution in [3.8, 4) is 0 Å². The number of piperidine rings is 1. The third-order valence-electron chi connectivity index (χ3n) is 6.43. The van der Waals surface area contributed by atoms with E-state index in [1.165, 1.54) is 18.2 Å². The Hall–Kier alpha value is -1.77. The zero-order chi connectivity index (χ0) is 20.8. The summed E-state index contributed by atoms with van der Waals surface area (Å²) in [4.78, 5) is 24.9. The number of nitrogens with two attached hydrogens (primary N) is 2. The molecule has 2 aliphatic rings. The van der Waals surface area contributed by atoms with Crippen LogP contribution < -0.4 is 21.9 Å². The first-order chi connectivity index (χ1) is 13.8. The molecule has 2 atom stereocenters. The van der Waals surface area contributed by atoms with Crippen molar-refractivity contribution in [2.45, 2.75) is 48.4 Å². The maximum absolute atomic E-state index is 13.0. The average molecular weight is 435 g/mol. The fourth-order valence-corrected chi connectivity index (χ4v) is 5.97. The van der Waals surface area contributed by atoms with Crippen LogP contribution in [0.4, 0.5) is 11.8 Å². The zero-order valence-corrected chi connectivity index (χ0v) is 18.3. The molecule has 1 saturated carbocycles. The molecule has 7 nitrogen and oxygen atoms in total. The van der Waals surface area contributed by atoms with Gasteiger partial charge in [-0.2, -0.15) is 4.98 Å². The summed E-state index contributed by atoms with van der Waals surface area (Å²) in [7, 11) is 1.74. The van der Waals surface area contributed by atoms with Crippen LogP contribution in [-0.2, 0) is 7.05 Å². The first-order valence-electron chi connectivity index (χ1n) is 9.96. The molecular formula is C20H27ClN6OS. The van der Waals surface area contributed by atoms with E-state index in [0.29, 0.717) is 26.8 Å². The Morgan fingerprint density at radius 1 is 1.34 bits per heavy atom. The minimum atomic E-state index is -0.177. The molecule has 4 N–H and O–H groups in total. The molecule has 1 aliphatic heterocycles. The average Bonchev–Trinajstić information content (AvgIpc) is 2.97. The smallest absolute Gasteiger partial charge is 0.270 e. The number of halogens is 1. The van der Waals surface area contributed by atoms with E-state index in [2.05, 4.69) is 21.8 Å². The number of hydrogen-bond acceptors (Lipinski definition) is 7. The van der Waals surface area contributed by atoms with Gasteiger partial charge in [0.15, 0.2) is 0 Å². The van der Waals surface area contributed by atoms with E-state index >= 15 is 0 Å². The van der Waals surface area contributed by atoms with E-state index in [4.69, 9.17) is 23.1 Å². The summed E-state index contributed by atoms with van der Waals surface area (Å²) in [6.45, 7) is 3.96. The topological polar surface area (TPSA) is 103 Å². The fourth-order valence-electron chi connectivity index (χ4n) is 4.86. The molecule has 0 unspecified atom stereocenters. The standard InChI is InChI=1S/C20H27ClN6OS/c1-12-10-14(22)20(11-12)5-8-27(9-6-20)19-25-17(23)15(18(28)26(19)2)29-13-4-3-7-24-16(13)21/h3-4,7,12,14H,5-6,8-11,22-23H2,1-2H3/t12-,14+/m0/s1. The highest BCUT2D eigenvalue weighted by Crippen LogP contribution is 2.48. The molecule has 156 valence electrons. The van der Waals surface area contributed by atoms with Crippen molar-refractivity contribution in [2.24, 2.45) is 24.1 Å². The Labute approximate surface area is 179 Å². The van der Waals surface area contributed by atoms with Gasteiger partial charge in [0.1, 0.15) is 15.9 Å². The number of rotatable bonds is 3. The summed E-state index contributed by atoms with van der Waals surface area (Å²) in [6, 6.07) is 3.85. The van der Waals surface area contributed by atoms with Gasteiger partial charge in [0.2, 0.25) is 5.95 Å². The molecule has 1 spiro atoms. The van der Waals surface area contributed by atoms with Crippen LogP contribution in [0.2, 0.25) is 5.15 Å². The van der Waals surface area contributed by atoms with Crippen LogP contribution in [0.3, 0.4) is 0 Å². The lowest BCUT2D eigenvalue weighted by Gasteiger charge is -2.42. The summed E-state index contributed by atoms with van der Waals surface area (Å²) in [5.74, 6) is 1.52. The van der Waals surface area contributed by atoms with Gasteiger partial charge in [0, 0.05) is 37.3 Å². The third-order valence-corrected chi connectivity index (χ3v) is 7.98. The fraction of sp³-hybridized carbons (Fsp3) is 0.550. The number of pyridine rings is 1. The SMILES string of the molecule is C[C@H]1C[C@@H](N)C2(CCN(c3nc(N)c(Sc4cccnc4Cl)c(=O)n3C)CC2)C1. The highest BCUT2D eigenvalue weighted by molar-refractivity contribution is 7.99. The molecular weight excluding hydrogens is 408 g/mol. The largest absolute Gasteiger partial charge is 0.382 e. The van der Waals surface area contributed by atoms with Gasteiger partial charge in [-0.15, -0.1) is 0 Å². The minimum Gasteiger partial charge on any atom is -0.382 e. The predicted molar refractivity (Wildman–Crippen MR) is 118 cm³/mol. The molecule has 9 heteroatoms. The first-order valence-corrected chi connectivity index (χ1v) is 11.2. The highest BCUT2D eigenvalue weighted by atomic mass is 35.5. The first kappa shape index (κ1) is 20.5. The van der Waals surface area contributed by atoms with Gasteiger partial charge >= 0.3 is 0 Å². The van der Waals surface area contributed by atoms with E-state index in [-0.39, 0.29) is 22.8 Å². The van der Waals surface area contributed by atoms with Gasteiger partial charge in [0.05, 0.1) is 0 Å². The van der Waals surface area contributed by atoms with Crippen molar-refractivity contribution in [3.63, 3.8) is 0 Å². The van der Waals surface area contributed by atoms with Gasteiger partial charge in [-0.05, 0) is 49.1 Å². The quantitative estimate of drug-likeness (QED) is 0.715. The van der Waals surface area contributed by atoms with Crippen LogP contribution in [-0.4, -0.2) is 33.7 Å². The lowest BCUT2D eigenvalue weighted by molar-refractivity contribution is 0.192. The molecule has 1 saturated heterocycles. The van der Waals surface area contributed by atoms with Crippen LogP contribution in [0.25, 0.3) is 0 Å². The zero-order valence-electron chi connectivity index (χ0n) is 16.8. The van der Waals surface area contributed by atoms with Crippen LogP contribution in [0.15, 0.2) is 32.9 Å². The van der Waals surface area contributed by atoms with Gasteiger partial charge in [0.25, 0.3) is 5.56 Å². The van der Waals surface area contributed by atoms with Crippen molar-refractivity contribution in [3.05, 3.63) is 33.8 Å². The minimum absolute atomic E-state index is 0.177. The van der Waals surface area contributed by atoms with Gasteiger partial charge in [-0.1, -0.05) is 30.3 Å². The molecule has 1 aliphatic carbocycles. The Bertz CT molecular complexity index is 972. The monoisotopic (exact) mass is 434 g/mol. The maximum atomic E-state index is 13.0. The van der Waals surface area contributed by atoms with Crippen molar-refractivity contribution < 1.29 is 0 Å². The molecule has 4 rings (SSSR count). The van der Waals surface area contributed by atoms with Crippen LogP contribution in [0.1, 0.15) is 32.6 Å². The molecule has 2 fully saturated rings. The van der Waals surface area contributed by atoms with Gasteiger partial charge in [-0.25, -0.2) is 4.98 Å². The Balaban J connectivity index is 1.57. The molecule has 0 radical (unpaired) electrons. The summed E-state index contributed by atoms with van der Waals surface area (Å²) in [5, 5.41) is 0.339. The summed E-state index contributed by atoms with van der Waals surface area (Å²) in [5.41, 5.74) is 12.7. The van der Waals surface area contributed by atoms with E-state index in [0.717, 1.165) is 32.4 Å². The Kier molecular flexibility index (Phi) is 5.52. The second-order valence-electron chi connectivity index (χ2n) is 8.39. The Morgan fingerprint density at radius 3 is 2.69 bits per heavy atom. The maximum Gasteiger partial charge on any atom is 0.270 e. The molecule has 2 aromatic heterocycles. The predicted octanol–water partition coefficient (Wildman–Crippen LogP) is 2.91. The second kappa shape index (κ2) is 7.81. The van der Waals surface area contributed by atoms with Crippen LogP contribution in [0.5, 0.6) is 0 Å². The number of nitrogens with zero attached hydrogens (tertiary/aromatic N) is 4. The number of aromatic nitrogens is 3. The van der Waals surface area contributed by atoms with Crippen molar-refractivity contribution in [2.75, 3.05) is 23.7 Å². The van der Waals surface area contributed by atoms with Crippen LogP contribution >= 0.6 is 23.4 Å².